The fraction of sp³-hybridized carbons (Fsp3) is 0.545. The molecule has 1 heterocycles. The van der Waals surface area contributed by atoms with E-state index in [1.54, 1.807) is 17.1 Å². The summed E-state index contributed by atoms with van der Waals surface area (Å²) in [5.41, 5.74) is 0. The SMILES string of the molecule is C=CCN(CC=C)C(=O)N1CCNCC1. The summed E-state index contributed by atoms with van der Waals surface area (Å²) in [6, 6.07) is 0.0799. The third-order valence-electron chi connectivity index (χ3n) is 2.36. The van der Waals surface area contributed by atoms with Gasteiger partial charge in [-0.3, -0.25) is 0 Å². The molecule has 0 unspecified atom stereocenters. The highest BCUT2D eigenvalue weighted by Gasteiger charge is 2.20. The summed E-state index contributed by atoms with van der Waals surface area (Å²) in [4.78, 5) is 15.6. The van der Waals surface area contributed by atoms with Crippen molar-refractivity contribution in [1.82, 2.24) is 15.1 Å². The molecule has 0 saturated carbocycles. The Bertz CT molecular complexity index is 224. The molecule has 0 spiro atoms. The van der Waals surface area contributed by atoms with E-state index in [9.17, 15) is 4.79 Å². The van der Waals surface area contributed by atoms with Crippen molar-refractivity contribution in [3.8, 4) is 0 Å². The van der Waals surface area contributed by atoms with Gasteiger partial charge in [-0.15, -0.1) is 13.2 Å². The number of amides is 2. The third-order valence-corrected chi connectivity index (χ3v) is 2.36. The molecule has 84 valence electrons. The van der Waals surface area contributed by atoms with Gasteiger partial charge in [-0.2, -0.15) is 0 Å². The molecule has 4 heteroatoms. The van der Waals surface area contributed by atoms with Crippen LogP contribution in [0.15, 0.2) is 25.3 Å². The molecule has 1 fully saturated rings. The van der Waals surface area contributed by atoms with E-state index < -0.39 is 0 Å². The molecule has 1 rings (SSSR count). The largest absolute Gasteiger partial charge is 0.322 e. The minimum Gasteiger partial charge on any atom is -0.322 e. The quantitative estimate of drug-likeness (QED) is 0.691. The summed E-state index contributed by atoms with van der Waals surface area (Å²) in [6.45, 7) is 11.8. The Kier molecular flexibility index (Phi) is 4.90. The summed E-state index contributed by atoms with van der Waals surface area (Å²) in [6.07, 6.45) is 3.48. The topological polar surface area (TPSA) is 35.6 Å². The molecule has 4 nitrogen and oxygen atoms in total. The van der Waals surface area contributed by atoms with Crippen molar-refractivity contribution in [1.29, 1.82) is 0 Å². The van der Waals surface area contributed by atoms with Crippen LogP contribution in [0.2, 0.25) is 0 Å². The minimum absolute atomic E-state index is 0.0799. The first-order chi connectivity index (χ1) is 7.29. The molecule has 1 aliphatic rings. The van der Waals surface area contributed by atoms with Crippen LogP contribution >= 0.6 is 0 Å². The van der Waals surface area contributed by atoms with Gasteiger partial charge in [0.2, 0.25) is 0 Å². The highest BCUT2D eigenvalue weighted by Crippen LogP contribution is 2.01. The molecular weight excluding hydrogens is 190 g/mol. The van der Waals surface area contributed by atoms with Gasteiger partial charge >= 0.3 is 6.03 Å². The molecule has 0 radical (unpaired) electrons. The molecule has 0 aliphatic carbocycles. The second-order valence-corrected chi connectivity index (χ2v) is 3.50. The van der Waals surface area contributed by atoms with E-state index in [4.69, 9.17) is 0 Å². The second kappa shape index (κ2) is 6.24. The van der Waals surface area contributed by atoms with Gasteiger partial charge in [-0.05, 0) is 0 Å². The van der Waals surface area contributed by atoms with Gasteiger partial charge in [0, 0.05) is 39.3 Å². The predicted octanol–water partition coefficient (Wildman–Crippen LogP) is 0.686. The molecule has 1 saturated heterocycles. The maximum Gasteiger partial charge on any atom is 0.320 e. The summed E-state index contributed by atoms with van der Waals surface area (Å²) in [5.74, 6) is 0. The summed E-state index contributed by atoms with van der Waals surface area (Å²) in [7, 11) is 0. The summed E-state index contributed by atoms with van der Waals surface area (Å²) < 4.78 is 0. The van der Waals surface area contributed by atoms with Crippen LogP contribution in [-0.2, 0) is 0 Å². The van der Waals surface area contributed by atoms with Gasteiger partial charge in [0.15, 0.2) is 0 Å². The fourth-order valence-corrected chi connectivity index (χ4v) is 1.60. The van der Waals surface area contributed by atoms with Crippen molar-refractivity contribution in [2.45, 2.75) is 0 Å². The van der Waals surface area contributed by atoms with E-state index in [1.807, 2.05) is 4.90 Å². The Morgan fingerprint density at radius 3 is 2.27 bits per heavy atom. The van der Waals surface area contributed by atoms with Crippen LogP contribution in [0.25, 0.3) is 0 Å². The van der Waals surface area contributed by atoms with Gasteiger partial charge in [-0.25, -0.2) is 4.79 Å². The summed E-state index contributed by atoms with van der Waals surface area (Å²) in [5, 5.41) is 3.22. The number of piperazine rings is 1. The molecule has 2 amide bonds. The van der Waals surface area contributed by atoms with Gasteiger partial charge in [0.1, 0.15) is 0 Å². The lowest BCUT2D eigenvalue weighted by Crippen LogP contribution is -2.51. The van der Waals surface area contributed by atoms with Crippen molar-refractivity contribution in [2.24, 2.45) is 0 Å². The standard InChI is InChI=1S/C11H19N3O/c1-3-7-13(8-4-2)11(15)14-9-5-12-6-10-14/h3-4,12H,1-2,5-10H2. The monoisotopic (exact) mass is 209 g/mol. The number of hydrogen-bond donors (Lipinski definition) is 1. The fourth-order valence-electron chi connectivity index (χ4n) is 1.60. The maximum atomic E-state index is 12.0. The van der Waals surface area contributed by atoms with Gasteiger partial charge in [0.25, 0.3) is 0 Å². The number of carbonyl (C=O) groups excluding carboxylic acids is 1. The Morgan fingerprint density at radius 1 is 1.27 bits per heavy atom. The number of nitrogens with one attached hydrogen (secondary N) is 1. The van der Waals surface area contributed by atoms with Crippen molar-refractivity contribution < 1.29 is 4.79 Å². The molecule has 1 aliphatic heterocycles. The van der Waals surface area contributed by atoms with Crippen LogP contribution in [0, 0.1) is 0 Å². The first-order valence-corrected chi connectivity index (χ1v) is 5.26. The Hall–Kier alpha value is -1.29. The average Bonchev–Trinajstić information content (AvgIpc) is 2.29. The first kappa shape index (κ1) is 11.8. The van der Waals surface area contributed by atoms with E-state index in [2.05, 4.69) is 18.5 Å². The number of hydrogen-bond acceptors (Lipinski definition) is 2. The van der Waals surface area contributed by atoms with Crippen LogP contribution in [0.5, 0.6) is 0 Å². The van der Waals surface area contributed by atoms with Crippen LogP contribution < -0.4 is 5.32 Å². The van der Waals surface area contributed by atoms with Crippen LogP contribution in [-0.4, -0.2) is 55.1 Å². The molecule has 0 bridgehead atoms. The average molecular weight is 209 g/mol. The van der Waals surface area contributed by atoms with E-state index in [-0.39, 0.29) is 6.03 Å². The zero-order chi connectivity index (χ0) is 11.1. The van der Waals surface area contributed by atoms with E-state index in [0.717, 1.165) is 26.2 Å². The number of carbonyl (C=O) groups is 1. The smallest absolute Gasteiger partial charge is 0.320 e. The highest BCUT2D eigenvalue weighted by molar-refractivity contribution is 5.75. The zero-order valence-electron chi connectivity index (χ0n) is 9.11. The molecule has 0 aromatic heterocycles. The molecule has 0 aromatic carbocycles. The molecule has 15 heavy (non-hydrogen) atoms. The van der Waals surface area contributed by atoms with Gasteiger partial charge < -0.3 is 15.1 Å². The van der Waals surface area contributed by atoms with Crippen molar-refractivity contribution in [3.05, 3.63) is 25.3 Å². The number of nitrogens with zero attached hydrogens (tertiary/aromatic N) is 2. The first-order valence-electron chi connectivity index (χ1n) is 5.26. The van der Waals surface area contributed by atoms with Crippen LogP contribution in [0.3, 0.4) is 0 Å². The Labute approximate surface area is 91.2 Å². The third kappa shape index (κ3) is 3.40. The van der Waals surface area contributed by atoms with E-state index in [1.165, 1.54) is 0 Å². The lowest BCUT2D eigenvalue weighted by atomic mass is 10.3. The van der Waals surface area contributed by atoms with Crippen molar-refractivity contribution in [2.75, 3.05) is 39.3 Å². The Balaban J connectivity index is 2.52. The lowest BCUT2D eigenvalue weighted by molar-refractivity contribution is 0.155. The van der Waals surface area contributed by atoms with E-state index in [0.29, 0.717) is 13.1 Å². The van der Waals surface area contributed by atoms with Crippen molar-refractivity contribution in [3.63, 3.8) is 0 Å². The van der Waals surface area contributed by atoms with E-state index >= 15 is 0 Å². The lowest BCUT2D eigenvalue weighted by Gasteiger charge is -2.32. The molecule has 0 atom stereocenters. The second-order valence-electron chi connectivity index (χ2n) is 3.50. The Morgan fingerprint density at radius 2 is 1.80 bits per heavy atom. The van der Waals surface area contributed by atoms with Gasteiger partial charge in [-0.1, -0.05) is 12.2 Å². The zero-order valence-corrected chi connectivity index (χ0v) is 9.11. The van der Waals surface area contributed by atoms with Crippen LogP contribution in [0.4, 0.5) is 4.79 Å². The predicted molar refractivity (Wildman–Crippen MR) is 61.8 cm³/mol. The molecule has 1 N–H and O–H groups in total. The normalized spacial score (nSPS) is 15.9. The molecular formula is C11H19N3O. The maximum absolute atomic E-state index is 12.0. The number of urea groups is 1. The van der Waals surface area contributed by atoms with Crippen molar-refractivity contribution >= 4 is 6.03 Å². The minimum atomic E-state index is 0.0799. The van der Waals surface area contributed by atoms with Gasteiger partial charge in [0.05, 0.1) is 0 Å². The summed E-state index contributed by atoms with van der Waals surface area (Å²) >= 11 is 0. The van der Waals surface area contributed by atoms with Crippen LogP contribution in [0.1, 0.15) is 0 Å². The highest BCUT2D eigenvalue weighted by atomic mass is 16.2. The molecule has 0 aromatic rings. The number of rotatable bonds is 4.